The van der Waals surface area contributed by atoms with Crippen LogP contribution >= 0.6 is 0 Å². The van der Waals surface area contributed by atoms with E-state index in [0.29, 0.717) is 5.92 Å². The molecule has 0 aliphatic heterocycles. The van der Waals surface area contributed by atoms with Gasteiger partial charge in [-0.25, -0.2) is 4.98 Å². The maximum Gasteiger partial charge on any atom is 0.168 e. The minimum absolute atomic E-state index is 0.471. The van der Waals surface area contributed by atoms with E-state index in [1.807, 2.05) is 29.7 Å². The van der Waals surface area contributed by atoms with Crippen LogP contribution in [0.3, 0.4) is 0 Å². The van der Waals surface area contributed by atoms with Gasteiger partial charge in [0.15, 0.2) is 6.29 Å². The number of carbonyl (C=O) groups is 1. The molecule has 2 aromatic heterocycles. The smallest absolute Gasteiger partial charge is 0.168 e. The molecular weight excluding hydrogens is 224 g/mol. The molecule has 0 radical (unpaired) electrons. The minimum atomic E-state index is 0.471. The van der Waals surface area contributed by atoms with Crippen molar-refractivity contribution in [3.8, 4) is 0 Å². The van der Waals surface area contributed by atoms with Gasteiger partial charge in [-0.1, -0.05) is 25.3 Å². The van der Waals surface area contributed by atoms with Crippen LogP contribution in [0, 0.1) is 6.92 Å². The van der Waals surface area contributed by atoms with Gasteiger partial charge in [-0.15, -0.1) is 0 Å². The van der Waals surface area contributed by atoms with Crippen LogP contribution in [0.1, 0.15) is 59.8 Å². The van der Waals surface area contributed by atoms with E-state index in [2.05, 4.69) is 0 Å². The third-order valence-electron chi connectivity index (χ3n) is 4.01. The normalized spacial score (nSPS) is 17.2. The molecule has 1 aliphatic carbocycles. The fourth-order valence-corrected chi connectivity index (χ4v) is 3.03. The van der Waals surface area contributed by atoms with Crippen molar-refractivity contribution in [3.63, 3.8) is 0 Å². The number of nitrogens with zero attached hydrogens (tertiary/aromatic N) is 2. The Labute approximate surface area is 107 Å². The molecule has 3 rings (SSSR count). The van der Waals surface area contributed by atoms with E-state index >= 15 is 0 Å². The Morgan fingerprint density at radius 2 is 2.11 bits per heavy atom. The van der Waals surface area contributed by atoms with Crippen molar-refractivity contribution >= 4 is 11.9 Å². The topological polar surface area (TPSA) is 34.4 Å². The SMILES string of the molecule is Cc1cccn2c(C=O)c(C3CCCCC3)nc12. The molecule has 0 atom stereocenters. The van der Waals surface area contributed by atoms with E-state index in [4.69, 9.17) is 4.98 Å². The predicted molar refractivity (Wildman–Crippen MR) is 71.1 cm³/mol. The zero-order valence-electron chi connectivity index (χ0n) is 10.7. The quantitative estimate of drug-likeness (QED) is 0.755. The monoisotopic (exact) mass is 242 g/mol. The van der Waals surface area contributed by atoms with Crippen molar-refractivity contribution < 1.29 is 4.79 Å². The Bertz CT molecular complexity index is 579. The van der Waals surface area contributed by atoms with Crippen LogP contribution in [-0.2, 0) is 0 Å². The van der Waals surface area contributed by atoms with Crippen molar-refractivity contribution in [1.82, 2.24) is 9.38 Å². The molecule has 18 heavy (non-hydrogen) atoms. The summed E-state index contributed by atoms with van der Waals surface area (Å²) < 4.78 is 1.94. The molecule has 94 valence electrons. The van der Waals surface area contributed by atoms with Crippen LogP contribution in [0.2, 0.25) is 0 Å². The number of hydrogen-bond donors (Lipinski definition) is 0. The second kappa shape index (κ2) is 4.56. The van der Waals surface area contributed by atoms with Crippen molar-refractivity contribution in [3.05, 3.63) is 35.3 Å². The Morgan fingerprint density at radius 3 is 2.83 bits per heavy atom. The summed E-state index contributed by atoms with van der Waals surface area (Å²) in [5.41, 5.74) is 3.82. The van der Waals surface area contributed by atoms with Gasteiger partial charge in [-0.3, -0.25) is 9.20 Å². The highest BCUT2D eigenvalue weighted by Gasteiger charge is 2.23. The van der Waals surface area contributed by atoms with Gasteiger partial charge >= 0.3 is 0 Å². The summed E-state index contributed by atoms with van der Waals surface area (Å²) in [6.45, 7) is 2.04. The highest BCUT2D eigenvalue weighted by molar-refractivity contribution is 5.77. The molecule has 0 saturated heterocycles. The van der Waals surface area contributed by atoms with E-state index < -0.39 is 0 Å². The van der Waals surface area contributed by atoms with Gasteiger partial charge in [0, 0.05) is 12.1 Å². The van der Waals surface area contributed by atoms with Crippen LogP contribution in [0.15, 0.2) is 18.3 Å². The largest absolute Gasteiger partial charge is 0.297 e. The number of fused-ring (bicyclic) bond motifs is 1. The molecular formula is C15H18N2O. The molecule has 1 saturated carbocycles. The number of aryl methyl sites for hydroxylation is 1. The number of pyridine rings is 1. The predicted octanol–water partition coefficient (Wildman–Crippen LogP) is 3.50. The lowest BCUT2D eigenvalue weighted by Gasteiger charge is -2.20. The van der Waals surface area contributed by atoms with Gasteiger partial charge in [-0.2, -0.15) is 0 Å². The molecule has 0 aromatic carbocycles. The van der Waals surface area contributed by atoms with E-state index in [1.165, 1.54) is 32.1 Å². The van der Waals surface area contributed by atoms with E-state index in [9.17, 15) is 4.79 Å². The molecule has 3 heteroatoms. The molecule has 0 unspecified atom stereocenters. The summed E-state index contributed by atoms with van der Waals surface area (Å²) in [6, 6.07) is 4.02. The van der Waals surface area contributed by atoms with Gasteiger partial charge in [0.1, 0.15) is 11.3 Å². The van der Waals surface area contributed by atoms with Gasteiger partial charge in [0.05, 0.1) is 5.69 Å². The van der Waals surface area contributed by atoms with Crippen LogP contribution in [0.5, 0.6) is 0 Å². The van der Waals surface area contributed by atoms with E-state index in [-0.39, 0.29) is 0 Å². The molecule has 1 aliphatic rings. The molecule has 0 spiro atoms. The van der Waals surface area contributed by atoms with Gasteiger partial charge < -0.3 is 0 Å². The first-order valence-electron chi connectivity index (χ1n) is 6.74. The summed E-state index contributed by atoms with van der Waals surface area (Å²) in [7, 11) is 0. The van der Waals surface area contributed by atoms with Crippen molar-refractivity contribution in [2.45, 2.75) is 44.9 Å². The minimum Gasteiger partial charge on any atom is -0.297 e. The number of aldehydes is 1. The molecule has 2 aromatic rings. The fourth-order valence-electron chi connectivity index (χ4n) is 3.03. The van der Waals surface area contributed by atoms with Crippen LogP contribution in [-0.4, -0.2) is 15.7 Å². The molecule has 1 fully saturated rings. The molecule has 2 heterocycles. The highest BCUT2D eigenvalue weighted by Crippen LogP contribution is 2.34. The third-order valence-corrected chi connectivity index (χ3v) is 4.01. The first kappa shape index (κ1) is 11.5. The lowest BCUT2D eigenvalue weighted by molar-refractivity contribution is 0.111. The first-order chi connectivity index (χ1) is 8.81. The Morgan fingerprint density at radius 1 is 1.33 bits per heavy atom. The summed E-state index contributed by atoms with van der Waals surface area (Å²) in [4.78, 5) is 16.1. The average molecular weight is 242 g/mol. The van der Waals surface area contributed by atoms with E-state index in [1.54, 1.807) is 0 Å². The lowest BCUT2D eigenvalue weighted by atomic mass is 9.86. The van der Waals surface area contributed by atoms with Crippen LogP contribution < -0.4 is 0 Å². The number of carbonyl (C=O) groups excluding carboxylic acids is 1. The zero-order chi connectivity index (χ0) is 12.5. The Kier molecular flexibility index (Phi) is 2.90. The summed E-state index contributed by atoms with van der Waals surface area (Å²) in [5, 5.41) is 0. The molecule has 3 nitrogen and oxygen atoms in total. The molecule has 0 N–H and O–H groups in total. The number of aromatic nitrogens is 2. The molecule has 0 amide bonds. The van der Waals surface area contributed by atoms with E-state index in [0.717, 1.165) is 28.9 Å². The number of rotatable bonds is 2. The highest BCUT2D eigenvalue weighted by atomic mass is 16.1. The van der Waals surface area contributed by atoms with Gasteiger partial charge in [0.2, 0.25) is 0 Å². The molecule has 0 bridgehead atoms. The summed E-state index contributed by atoms with van der Waals surface area (Å²) >= 11 is 0. The summed E-state index contributed by atoms with van der Waals surface area (Å²) in [5.74, 6) is 0.471. The van der Waals surface area contributed by atoms with Crippen molar-refractivity contribution in [2.24, 2.45) is 0 Å². The fraction of sp³-hybridized carbons (Fsp3) is 0.467. The summed E-state index contributed by atoms with van der Waals surface area (Å²) in [6.07, 6.45) is 9.08. The van der Waals surface area contributed by atoms with Crippen LogP contribution in [0.25, 0.3) is 5.65 Å². The maximum absolute atomic E-state index is 11.4. The second-order valence-electron chi connectivity index (χ2n) is 5.22. The maximum atomic E-state index is 11.4. The van der Waals surface area contributed by atoms with Gasteiger partial charge in [-0.05, 0) is 31.4 Å². The van der Waals surface area contributed by atoms with Gasteiger partial charge in [0.25, 0.3) is 0 Å². The van der Waals surface area contributed by atoms with Crippen molar-refractivity contribution in [1.29, 1.82) is 0 Å². The number of hydrogen-bond acceptors (Lipinski definition) is 2. The number of imidazole rings is 1. The average Bonchev–Trinajstić information content (AvgIpc) is 2.80. The standard InChI is InChI=1S/C15H18N2O/c1-11-6-5-9-17-13(10-18)14(16-15(11)17)12-7-3-2-4-8-12/h5-6,9-10,12H,2-4,7-8H2,1H3. The lowest BCUT2D eigenvalue weighted by Crippen LogP contribution is -2.07. The first-order valence-corrected chi connectivity index (χ1v) is 6.74. The Hall–Kier alpha value is -1.64. The Balaban J connectivity index is 2.16. The second-order valence-corrected chi connectivity index (χ2v) is 5.22. The van der Waals surface area contributed by atoms with Crippen molar-refractivity contribution in [2.75, 3.05) is 0 Å². The zero-order valence-corrected chi connectivity index (χ0v) is 10.7. The van der Waals surface area contributed by atoms with Crippen LogP contribution in [0.4, 0.5) is 0 Å². The third kappa shape index (κ3) is 1.74.